The highest BCUT2D eigenvalue weighted by Gasteiger charge is 2.25. The van der Waals surface area contributed by atoms with Gasteiger partial charge in [0.15, 0.2) is 7.14 Å². The molecular weight excluding hydrogens is 383 g/mol. The highest BCUT2D eigenvalue weighted by molar-refractivity contribution is 7.85. The summed E-state index contributed by atoms with van der Waals surface area (Å²) in [5.74, 6) is 0. The van der Waals surface area contributed by atoms with Crippen LogP contribution in [0.5, 0.6) is 0 Å². The van der Waals surface area contributed by atoms with E-state index in [0.29, 0.717) is 10.6 Å². The van der Waals surface area contributed by atoms with Crippen LogP contribution >= 0.6 is 7.14 Å². The van der Waals surface area contributed by atoms with Crippen LogP contribution in [0.2, 0.25) is 0 Å². The molecule has 0 saturated heterocycles. The molecule has 7 heteroatoms. The summed E-state index contributed by atoms with van der Waals surface area (Å²) in [4.78, 5) is -0.0666. The number of benzene rings is 3. The summed E-state index contributed by atoms with van der Waals surface area (Å²) in [6.45, 7) is 1.84. The van der Waals surface area contributed by atoms with Gasteiger partial charge in [-0.25, -0.2) is 0 Å². The largest absolute Gasteiger partial charge is 0.388 e. The minimum absolute atomic E-state index is 0.0666. The second-order valence-corrected chi connectivity index (χ2v) is 10.1. The lowest BCUT2D eigenvalue weighted by Crippen LogP contribution is -2.18. The van der Waals surface area contributed by atoms with Gasteiger partial charge in [0.2, 0.25) is 0 Å². The first-order valence-electron chi connectivity index (χ1n) is 8.13. The van der Waals surface area contributed by atoms with Gasteiger partial charge in [0.05, 0.1) is 4.90 Å². The highest BCUT2D eigenvalue weighted by atomic mass is 32.2. The Morgan fingerprint density at radius 1 is 0.778 bits per heavy atom. The molecule has 142 valence electrons. The van der Waals surface area contributed by atoms with Crippen molar-refractivity contribution in [2.24, 2.45) is 0 Å². The van der Waals surface area contributed by atoms with E-state index in [1.807, 2.05) is 43.3 Å². The first-order valence-corrected chi connectivity index (χ1v) is 11.5. The summed E-state index contributed by atoms with van der Waals surface area (Å²) >= 11 is 0. The molecule has 0 saturated carbocycles. The fraction of sp³-hybridized carbons (Fsp3) is 0.100. The van der Waals surface area contributed by atoms with Crippen LogP contribution in [0.25, 0.3) is 0 Å². The SMILES string of the molecule is Cc1ccc(S(=O)(=O)O)cc1.O=P(CO)(c1ccccc1)c1ccccc1. The third-order valence-electron chi connectivity index (χ3n) is 3.86. The molecule has 0 aromatic heterocycles. The average molecular weight is 404 g/mol. The van der Waals surface area contributed by atoms with Gasteiger partial charge >= 0.3 is 0 Å². The summed E-state index contributed by atoms with van der Waals surface area (Å²) in [5.41, 5.74) is 0.956. The van der Waals surface area contributed by atoms with Gasteiger partial charge < -0.3 is 9.67 Å². The Bertz CT molecular complexity index is 958. The summed E-state index contributed by atoms with van der Waals surface area (Å²) in [7, 11) is -6.87. The fourth-order valence-corrected chi connectivity index (χ4v) is 4.77. The normalized spacial score (nSPS) is 11.4. The van der Waals surface area contributed by atoms with Crippen molar-refractivity contribution in [2.45, 2.75) is 11.8 Å². The van der Waals surface area contributed by atoms with Crippen LogP contribution < -0.4 is 10.6 Å². The fourth-order valence-electron chi connectivity index (χ4n) is 2.36. The van der Waals surface area contributed by atoms with Gasteiger partial charge in [-0.2, -0.15) is 8.42 Å². The van der Waals surface area contributed by atoms with E-state index in [4.69, 9.17) is 4.55 Å². The molecule has 0 fully saturated rings. The van der Waals surface area contributed by atoms with Gasteiger partial charge in [0, 0.05) is 10.6 Å². The smallest absolute Gasteiger partial charge is 0.294 e. The Balaban J connectivity index is 0.000000208. The minimum Gasteiger partial charge on any atom is -0.388 e. The van der Waals surface area contributed by atoms with Crippen molar-refractivity contribution >= 4 is 27.9 Å². The van der Waals surface area contributed by atoms with Crippen molar-refractivity contribution in [3.05, 3.63) is 90.5 Å². The molecular formula is C20H21O5PS. The number of rotatable bonds is 4. The van der Waals surface area contributed by atoms with Crippen molar-refractivity contribution in [1.29, 1.82) is 0 Å². The molecule has 5 nitrogen and oxygen atoms in total. The lowest BCUT2D eigenvalue weighted by atomic mass is 10.2. The van der Waals surface area contributed by atoms with Crippen LogP contribution in [-0.2, 0) is 14.7 Å². The molecule has 0 aliphatic heterocycles. The summed E-state index contributed by atoms with van der Waals surface area (Å²) in [5, 5.41) is 10.8. The lowest BCUT2D eigenvalue weighted by molar-refractivity contribution is 0.362. The average Bonchev–Trinajstić information content (AvgIpc) is 2.69. The Labute approximate surface area is 159 Å². The number of hydrogen-bond donors (Lipinski definition) is 2. The molecule has 0 bridgehead atoms. The molecule has 0 aliphatic carbocycles. The van der Waals surface area contributed by atoms with Crippen LogP contribution in [0.15, 0.2) is 89.8 Å². The number of aliphatic hydroxyl groups excluding tert-OH is 1. The predicted molar refractivity (Wildman–Crippen MR) is 108 cm³/mol. The van der Waals surface area contributed by atoms with E-state index in [1.54, 1.807) is 36.4 Å². The Kier molecular flexibility index (Phi) is 7.11. The maximum atomic E-state index is 12.7. The van der Waals surface area contributed by atoms with Crippen LogP contribution in [0.3, 0.4) is 0 Å². The summed E-state index contributed by atoms with van der Waals surface area (Å²) in [6.07, 6.45) is -0.332. The Morgan fingerprint density at radius 2 is 1.19 bits per heavy atom. The van der Waals surface area contributed by atoms with E-state index in [2.05, 4.69) is 0 Å². The monoisotopic (exact) mass is 404 g/mol. The second-order valence-electron chi connectivity index (χ2n) is 5.84. The molecule has 0 spiro atoms. The lowest BCUT2D eigenvalue weighted by Gasteiger charge is -2.16. The maximum Gasteiger partial charge on any atom is 0.294 e. The molecule has 0 unspecified atom stereocenters. The zero-order valence-corrected chi connectivity index (χ0v) is 16.5. The molecule has 0 heterocycles. The van der Waals surface area contributed by atoms with Crippen LogP contribution in [0.4, 0.5) is 0 Å². The van der Waals surface area contributed by atoms with Crippen LogP contribution in [0.1, 0.15) is 5.56 Å². The Morgan fingerprint density at radius 3 is 1.52 bits per heavy atom. The van der Waals surface area contributed by atoms with E-state index < -0.39 is 17.3 Å². The quantitative estimate of drug-likeness (QED) is 0.515. The minimum atomic E-state index is -4.02. The summed E-state index contributed by atoms with van der Waals surface area (Å²) < 4.78 is 42.3. The van der Waals surface area contributed by atoms with E-state index >= 15 is 0 Å². The third-order valence-corrected chi connectivity index (χ3v) is 7.40. The van der Waals surface area contributed by atoms with E-state index in [1.165, 1.54) is 12.1 Å². The van der Waals surface area contributed by atoms with Crippen molar-refractivity contribution in [2.75, 3.05) is 6.35 Å². The first-order chi connectivity index (χ1) is 12.8. The maximum absolute atomic E-state index is 12.7. The first kappa shape index (κ1) is 21.1. The van der Waals surface area contributed by atoms with Gasteiger partial charge in [-0.1, -0.05) is 78.4 Å². The molecule has 3 rings (SSSR count). The highest BCUT2D eigenvalue weighted by Crippen LogP contribution is 2.41. The zero-order valence-electron chi connectivity index (χ0n) is 14.8. The predicted octanol–water partition coefficient (Wildman–Crippen LogP) is 3.19. The van der Waals surface area contributed by atoms with Crippen LogP contribution in [-0.4, -0.2) is 24.4 Å². The number of aryl methyl sites for hydroxylation is 1. The Hall–Kier alpha value is -2.24. The molecule has 27 heavy (non-hydrogen) atoms. The number of hydrogen-bond acceptors (Lipinski definition) is 4. The van der Waals surface area contributed by atoms with E-state index in [9.17, 15) is 18.1 Å². The topological polar surface area (TPSA) is 91.7 Å². The van der Waals surface area contributed by atoms with Crippen molar-refractivity contribution in [3.8, 4) is 0 Å². The molecule has 3 aromatic rings. The third kappa shape index (κ3) is 5.62. The zero-order chi connectivity index (χ0) is 19.9. The van der Waals surface area contributed by atoms with Gasteiger partial charge in [-0.05, 0) is 19.1 Å². The molecule has 0 radical (unpaired) electrons. The molecule has 0 atom stereocenters. The number of aliphatic hydroxyl groups is 1. The molecule has 0 amide bonds. The van der Waals surface area contributed by atoms with Crippen molar-refractivity contribution in [1.82, 2.24) is 0 Å². The van der Waals surface area contributed by atoms with Gasteiger partial charge in [-0.15, -0.1) is 0 Å². The van der Waals surface area contributed by atoms with Gasteiger partial charge in [0.1, 0.15) is 6.35 Å². The summed E-state index contributed by atoms with van der Waals surface area (Å²) in [6, 6.07) is 24.2. The van der Waals surface area contributed by atoms with Crippen molar-refractivity contribution < 1.29 is 22.6 Å². The second kappa shape index (κ2) is 9.11. The standard InChI is InChI=1S/C13H13O2P.C7H8O3S/c14-11-16(15,12-7-3-1-4-8-12)13-9-5-2-6-10-13;1-6-2-4-7(5-3-6)11(8,9)10/h1-10,14H,11H2;2-5H,1H3,(H,8,9,10). The van der Waals surface area contributed by atoms with Crippen LogP contribution in [0, 0.1) is 6.92 Å². The van der Waals surface area contributed by atoms with Gasteiger partial charge in [0.25, 0.3) is 10.1 Å². The molecule has 3 aromatic carbocycles. The molecule has 0 aliphatic rings. The molecule has 2 N–H and O–H groups in total. The van der Waals surface area contributed by atoms with Gasteiger partial charge in [-0.3, -0.25) is 4.55 Å². The van der Waals surface area contributed by atoms with Crippen molar-refractivity contribution in [3.63, 3.8) is 0 Å². The van der Waals surface area contributed by atoms with E-state index in [-0.39, 0.29) is 11.2 Å². The van der Waals surface area contributed by atoms with E-state index in [0.717, 1.165) is 5.56 Å².